The fourth-order valence-electron chi connectivity index (χ4n) is 6.65. The summed E-state index contributed by atoms with van der Waals surface area (Å²) in [5.74, 6) is -0.905. The molecule has 3 atom stereocenters. The summed E-state index contributed by atoms with van der Waals surface area (Å²) in [6.45, 7) is 3.24. The van der Waals surface area contributed by atoms with Crippen LogP contribution in [0.4, 0.5) is 0 Å². The number of aliphatic hydroxyl groups is 1. The first-order valence-corrected chi connectivity index (χ1v) is 25.6. The van der Waals surface area contributed by atoms with E-state index in [9.17, 15) is 24.2 Å². The molecule has 1 unspecified atom stereocenters. The predicted molar refractivity (Wildman–Crippen MR) is 249 cm³/mol. The van der Waals surface area contributed by atoms with Gasteiger partial charge in [0.1, 0.15) is 6.61 Å². The number of hydrogen-bond donors (Lipinski definition) is 3. The number of phosphoric ester groups is 1. The van der Waals surface area contributed by atoms with Crippen molar-refractivity contribution in [2.75, 3.05) is 26.4 Å². The molecule has 0 fully saturated rings. The van der Waals surface area contributed by atoms with Crippen LogP contribution in [0.15, 0.2) is 48.6 Å². The lowest BCUT2D eigenvalue weighted by atomic mass is 10.0. The van der Waals surface area contributed by atoms with Gasteiger partial charge in [-0.2, -0.15) is 0 Å². The number of phosphoric acid groups is 1. The maximum atomic E-state index is 12.6. The summed E-state index contributed by atoms with van der Waals surface area (Å²) in [7, 11) is -4.40. The number of esters is 2. The Morgan fingerprint density at radius 2 is 0.983 bits per heavy atom. The zero-order chi connectivity index (χ0) is 44.0. The van der Waals surface area contributed by atoms with E-state index in [1.165, 1.54) is 109 Å². The van der Waals surface area contributed by atoms with Gasteiger partial charge in [-0.1, -0.05) is 184 Å². The number of nitrogens with two attached hydrogens (primary N) is 1. The van der Waals surface area contributed by atoms with E-state index >= 15 is 0 Å². The molecule has 0 amide bonds. The van der Waals surface area contributed by atoms with E-state index in [0.717, 1.165) is 64.2 Å². The van der Waals surface area contributed by atoms with Gasteiger partial charge in [0.2, 0.25) is 0 Å². The first-order valence-electron chi connectivity index (χ1n) is 24.1. The summed E-state index contributed by atoms with van der Waals surface area (Å²) in [5.41, 5.74) is 5.35. The van der Waals surface area contributed by atoms with Crippen molar-refractivity contribution in [2.45, 2.75) is 225 Å². The third kappa shape index (κ3) is 45.5. The summed E-state index contributed by atoms with van der Waals surface area (Å²) >= 11 is 0. The van der Waals surface area contributed by atoms with Crippen molar-refractivity contribution in [3.05, 3.63) is 48.6 Å². The lowest BCUT2D eigenvalue weighted by molar-refractivity contribution is -0.161. The highest BCUT2D eigenvalue weighted by Crippen LogP contribution is 2.43. The third-order valence-corrected chi connectivity index (χ3v) is 11.2. The van der Waals surface area contributed by atoms with Gasteiger partial charge in [0, 0.05) is 19.4 Å². The van der Waals surface area contributed by atoms with Crippen molar-refractivity contribution in [3.63, 3.8) is 0 Å². The van der Waals surface area contributed by atoms with Crippen LogP contribution in [0.3, 0.4) is 0 Å². The van der Waals surface area contributed by atoms with Gasteiger partial charge < -0.3 is 25.2 Å². The molecular formula is C49H90NO9P. The summed E-state index contributed by atoms with van der Waals surface area (Å²) in [6, 6.07) is 0. The maximum Gasteiger partial charge on any atom is 0.472 e. The number of hydrogen-bond acceptors (Lipinski definition) is 9. The van der Waals surface area contributed by atoms with E-state index in [-0.39, 0.29) is 38.7 Å². The molecule has 0 rings (SSSR count). The van der Waals surface area contributed by atoms with Crippen molar-refractivity contribution >= 4 is 19.8 Å². The second-order valence-electron chi connectivity index (χ2n) is 16.3. The molecular weight excluding hydrogens is 778 g/mol. The topological polar surface area (TPSA) is 155 Å². The minimum atomic E-state index is -4.40. The van der Waals surface area contributed by atoms with Gasteiger partial charge >= 0.3 is 19.8 Å². The van der Waals surface area contributed by atoms with Gasteiger partial charge in [0.25, 0.3) is 0 Å². The largest absolute Gasteiger partial charge is 0.472 e. The Bertz CT molecular complexity index is 1140. The summed E-state index contributed by atoms with van der Waals surface area (Å²) in [5, 5.41) is 9.27. The molecule has 0 saturated heterocycles. The lowest BCUT2D eigenvalue weighted by Gasteiger charge is -2.19. The second-order valence-corrected chi connectivity index (χ2v) is 17.7. The van der Waals surface area contributed by atoms with E-state index < -0.39 is 32.5 Å². The first-order chi connectivity index (χ1) is 29.2. The molecule has 0 bridgehead atoms. The quantitative estimate of drug-likeness (QED) is 0.0233. The molecule has 0 aromatic rings. The van der Waals surface area contributed by atoms with E-state index in [2.05, 4.69) is 49.5 Å². The van der Waals surface area contributed by atoms with Crippen molar-refractivity contribution in [1.82, 2.24) is 0 Å². The number of aliphatic hydroxyl groups excluding tert-OH is 1. The normalized spacial score (nSPS) is 14.2. The average molecular weight is 868 g/mol. The number of unbranched alkanes of at least 4 members (excludes halogenated alkanes) is 22. The van der Waals surface area contributed by atoms with Crippen LogP contribution in [-0.2, 0) is 32.7 Å². The molecule has 0 spiro atoms. The second kappa shape index (κ2) is 45.0. The smallest absolute Gasteiger partial charge is 0.462 e. The van der Waals surface area contributed by atoms with Gasteiger partial charge in [0.05, 0.1) is 19.3 Å². The zero-order valence-corrected chi connectivity index (χ0v) is 39.2. The number of ether oxygens (including phenoxy) is 2. The van der Waals surface area contributed by atoms with Crippen molar-refractivity contribution in [3.8, 4) is 0 Å². The Kier molecular flexibility index (Phi) is 43.4. The Hall–Kier alpha value is -2.07. The van der Waals surface area contributed by atoms with Crippen LogP contribution in [0.25, 0.3) is 0 Å². The fourth-order valence-corrected chi connectivity index (χ4v) is 7.41. The average Bonchev–Trinajstić information content (AvgIpc) is 3.22. The molecule has 11 heteroatoms. The predicted octanol–water partition coefficient (Wildman–Crippen LogP) is 13.3. The minimum absolute atomic E-state index is 0.0410. The van der Waals surface area contributed by atoms with Crippen LogP contribution in [0.5, 0.6) is 0 Å². The number of allylic oxidation sites excluding steroid dienone is 8. The summed E-state index contributed by atoms with van der Waals surface area (Å²) in [6.07, 6.45) is 50.0. The Balaban J connectivity index is 4.14. The highest BCUT2D eigenvalue weighted by Gasteiger charge is 2.26. The van der Waals surface area contributed by atoms with Crippen LogP contribution in [0.1, 0.15) is 213 Å². The maximum absolute atomic E-state index is 12.6. The standard InChI is InChI=1S/C49H90NO9P/c1-3-4-5-6-7-8-9-10-11-12-13-14-15-16-19-23-26-29-32-35-38-41-49(53)59-47(45-58-60(54,55)57-43-42-50)44-56-48(52)40-37-34-31-28-25-22-20-17-18-21-24-27-30-33-36-39-46(2)51/h18,20-22,27-28,30-31,46-47,51H,3-17,19,23-26,29,32-45,50H2,1-2H3,(H,54,55)/b21-18-,22-20-,30-27-,31-28-/t46-,47-/m1/s1. The molecule has 0 aliphatic heterocycles. The van der Waals surface area contributed by atoms with Crippen LogP contribution < -0.4 is 5.73 Å². The van der Waals surface area contributed by atoms with E-state index in [1.807, 2.05) is 13.0 Å². The lowest BCUT2D eigenvalue weighted by Crippen LogP contribution is -2.29. The Morgan fingerprint density at radius 3 is 1.43 bits per heavy atom. The molecule has 0 aromatic heterocycles. The molecule has 0 heterocycles. The monoisotopic (exact) mass is 868 g/mol. The van der Waals surface area contributed by atoms with Crippen LogP contribution in [0, 0.1) is 0 Å². The van der Waals surface area contributed by atoms with Gasteiger partial charge in [-0.05, 0) is 64.7 Å². The van der Waals surface area contributed by atoms with Gasteiger partial charge in [-0.25, -0.2) is 4.57 Å². The zero-order valence-electron chi connectivity index (χ0n) is 38.3. The van der Waals surface area contributed by atoms with E-state index in [0.29, 0.717) is 12.8 Å². The molecule has 350 valence electrons. The van der Waals surface area contributed by atoms with E-state index in [1.54, 1.807) is 0 Å². The molecule has 0 aromatic carbocycles. The molecule has 0 radical (unpaired) electrons. The van der Waals surface area contributed by atoms with Gasteiger partial charge in [-0.15, -0.1) is 0 Å². The minimum Gasteiger partial charge on any atom is -0.462 e. The fraction of sp³-hybridized carbons (Fsp3) is 0.796. The highest BCUT2D eigenvalue weighted by atomic mass is 31.2. The van der Waals surface area contributed by atoms with Crippen molar-refractivity contribution < 1.29 is 42.7 Å². The van der Waals surface area contributed by atoms with Crippen LogP contribution in [0.2, 0.25) is 0 Å². The molecule has 0 saturated carbocycles. The highest BCUT2D eigenvalue weighted by molar-refractivity contribution is 7.47. The number of rotatable bonds is 45. The van der Waals surface area contributed by atoms with Crippen LogP contribution >= 0.6 is 7.82 Å². The molecule has 10 nitrogen and oxygen atoms in total. The Labute approximate surface area is 367 Å². The van der Waals surface area contributed by atoms with Gasteiger partial charge in [-0.3, -0.25) is 18.6 Å². The number of carbonyl (C=O) groups is 2. The summed E-state index contributed by atoms with van der Waals surface area (Å²) < 4.78 is 32.8. The summed E-state index contributed by atoms with van der Waals surface area (Å²) in [4.78, 5) is 34.9. The first kappa shape index (κ1) is 57.9. The van der Waals surface area contributed by atoms with Crippen molar-refractivity contribution in [2.24, 2.45) is 5.73 Å². The molecule has 0 aliphatic rings. The van der Waals surface area contributed by atoms with Crippen LogP contribution in [-0.4, -0.2) is 60.5 Å². The molecule has 4 N–H and O–H groups in total. The third-order valence-electron chi connectivity index (χ3n) is 10.2. The SMILES string of the molecule is CCCCCCCCCCCCCCCCCCCCCCCC(=O)O[C@H](COC(=O)CCC/C=C\C/C=C\C/C=C\C/C=C\CCC[C@@H](C)O)COP(=O)(O)OCCN. The van der Waals surface area contributed by atoms with Crippen molar-refractivity contribution in [1.29, 1.82) is 0 Å². The molecule has 0 aliphatic carbocycles. The Morgan fingerprint density at radius 1 is 0.567 bits per heavy atom. The van der Waals surface area contributed by atoms with E-state index in [4.69, 9.17) is 24.3 Å². The number of carbonyl (C=O) groups excluding carboxylic acids is 2. The molecule has 60 heavy (non-hydrogen) atoms. The van der Waals surface area contributed by atoms with Gasteiger partial charge in [0.15, 0.2) is 6.10 Å².